The molecule has 1 fully saturated rings. The summed E-state index contributed by atoms with van der Waals surface area (Å²) in [6.45, 7) is 9.52. The van der Waals surface area contributed by atoms with Crippen LogP contribution in [-0.4, -0.2) is 79.4 Å². The van der Waals surface area contributed by atoms with Crippen LogP contribution in [0.1, 0.15) is 46.9 Å². The summed E-state index contributed by atoms with van der Waals surface area (Å²) < 4.78 is 30.8. The van der Waals surface area contributed by atoms with Crippen LogP contribution in [0.15, 0.2) is 21.9 Å². The highest BCUT2D eigenvalue weighted by Gasteiger charge is 2.45. The number of aliphatic hydroxyl groups excluding tert-OH is 2. The van der Waals surface area contributed by atoms with E-state index in [2.05, 4.69) is 10.1 Å². The number of H-pyrrole nitrogens is 1. The number of carbonyl (C=O) groups excluding carboxylic acids is 2. The molecule has 2 heterocycles. The molecule has 0 saturated carbocycles. The summed E-state index contributed by atoms with van der Waals surface area (Å²) in [7, 11) is -4.18. The first-order valence-corrected chi connectivity index (χ1v) is 15.4. The largest absolute Gasteiger partial charge is 0.462 e. The average Bonchev–Trinajstić information content (AvgIpc) is 3.08. The lowest BCUT2D eigenvalue weighted by Gasteiger charge is -2.25. The highest BCUT2D eigenvalue weighted by atomic mass is 32.2. The number of nitrogens with one attached hydrogen (secondary N) is 2. The third-order valence-electron chi connectivity index (χ3n) is 5.12. The molecule has 1 aliphatic heterocycles. The summed E-state index contributed by atoms with van der Waals surface area (Å²) in [5.74, 6) is -0.514. The Morgan fingerprint density at radius 1 is 1.21 bits per heavy atom. The Labute approximate surface area is 229 Å². The first-order chi connectivity index (χ1) is 17.5. The second-order valence-corrected chi connectivity index (χ2v) is 14.1. The zero-order valence-electron chi connectivity index (χ0n) is 22.1. The highest BCUT2D eigenvalue weighted by Crippen LogP contribution is 2.48. The molecule has 0 bridgehead atoms. The van der Waals surface area contributed by atoms with Gasteiger partial charge in [-0.15, -0.1) is 11.8 Å². The summed E-state index contributed by atoms with van der Waals surface area (Å²) >= 11 is 1.99. The van der Waals surface area contributed by atoms with Crippen LogP contribution in [0.2, 0.25) is 0 Å². The van der Waals surface area contributed by atoms with Crippen LogP contribution in [-0.2, 0) is 27.9 Å². The molecule has 1 aromatic heterocycles. The monoisotopic (exact) mass is 597 g/mol. The van der Waals surface area contributed by atoms with Crippen LogP contribution in [0.4, 0.5) is 0 Å². The number of hydrogen-bond donors (Lipinski definition) is 4. The van der Waals surface area contributed by atoms with Gasteiger partial charge in [-0.1, -0.05) is 32.5 Å². The van der Waals surface area contributed by atoms with E-state index in [-0.39, 0.29) is 24.1 Å². The standard InChI is InChI=1S/C22H36N3O10PS2/c1-12(2)35-19(29)13(3)24-36(32,33-9-10-37-20(30)22(4,5)6)34-11-14-16(27)17(28)18(38-14)25-8-7-15(26)23-21(25)31/h7-8,12-14,16-18,27-28H,9-11H2,1-6H3,(H,24,32)(H,23,26,31)/t13-,14+,16+,17+,18+,36?/m0/s1. The van der Waals surface area contributed by atoms with Crippen molar-refractivity contribution in [2.24, 2.45) is 5.41 Å². The molecule has 0 radical (unpaired) electrons. The Kier molecular flexibility index (Phi) is 11.9. The number of esters is 1. The van der Waals surface area contributed by atoms with Crippen molar-refractivity contribution in [3.8, 4) is 0 Å². The molecule has 0 aliphatic carbocycles. The van der Waals surface area contributed by atoms with Crippen molar-refractivity contribution in [3.05, 3.63) is 33.1 Å². The van der Waals surface area contributed by atoms with Gasteiger partial charge >= 0.3 is 19.4 Å². The first kappa shape index (κ1) is 32.8. The molecule has 0 amide bonds. The van der Waals surface area contributed by atoms with Crippen molar-refractivity contribution in [1.82, 2.24) is 14.6 Å². The maximum Gasteiger partial charge on any atom is 0.406 e. The lowest BCUT2D eigenvalue weighted by molar-refractivity contribution is -0.149. The van der Waals surface area contributed by atoms with E-state index in [1.807, 2.05) is 0 Å². The maximum absolute atomic E-state index is 13.5. The molecule has 0 aromatic carbocycles. The summed E-state index contributed by atoms with van der Waals surface area (Å²) in [5, 5.41) is 21.7. The van der Waals surface area contributed by atoms with Crippen molar-refractivity contribution >= 4 is 42.4 Å². The number of aromatic nitrogens is 2. The quantitative estimate of drug-likeness (QED) is 0.153. The molecule has 6 atom stereocenters. The molecule has 4 N–H and O–H groups in total. The highest BCUT2D eigenvalue weighted by molar-refractivity contribution is 8.13. The zero-order chi connectivity index (χ0) is 28.8. The lowest BCUT2D eigenvalue weighted by Crippen LogP contribution is -2.38. The first-order valence-electron chi connectivity index (χ1n) is 11.9. The smallest absolute Gasteiger partial charge is 0.406 e. The Morgan fingerprint density at radius 2 is 1.87 bits per heavy atom. The molecule has 1 aromatic rings. The van der Waals surface area contributed by atoms with E-state index in [4.69, 9.17) is 13.8 Å². The van der Waals surface area contributed by atoms with Crippen molar-refractivity contribution in [1.29, 1.82) is 0 Å². The van der Waals surface area contributed by atoms with Crippen LogP contribution in [0, 0.1) is 5.41 Å². The predicted molar refractivity (Wildman–Crippen MR) is 144 cm³/mol. The third kappa shape index (κ3) is 9.33. The summed E-state index contributed by atoms with van der Waals surface area (Å²) in [5.41, 5.74) is -1.95. The molecular formula is C22H36N3O10PS2. The fourth-order valence-corrected chi connectivity index (χ4v) is 7.09. The van der Waals surface area contributed by atoms with Gasteiger partial charge in [0.1, 0.15) is 17.5 Å². The van der Waals surface area contributed by atoms with Crippen molar-refractivity contribution in [2.45, 2.75) is 76.5 Å². The van der Waals surface area contributed by atoms with E-state index in [9.17, 15) is 34.0 Å². The van der Waals surface area contributed by atoms with Gasteiger partial charge in [0.2, 0.25) is 0 Å². The third-order valence-corrected chi connectivity index (χ3v) is 9.63. The van der Waals surface area contributed by atoms with E-state index in [0.717, 1.165) is 34.2 Å². The number of aliphatic hydroxyl groups is 2. The fourth-order valence-electron chi connectivity index (χ4n) is 3.14. The number of carbonyl (C=O) groups is 2. The van der Waals surface area contributed by atoms with Gasteiger partial charge in [-0.3, -0.25) is 33.0 Å². The van der Waals surface area contributed by atoms with Crippen molar-refractivity contribution < 1.29 is 38.2 Å². The van der Waals surface area contributed by atoms with Gasteiger partial charge in [0.25, 0.3) is 5.56 Å². The SMILES string of the molecule is CC(C)OC(=O)[C@H](C)NP(=O)(OCCSC(=O)C(C)(C)C)OC[C@H]1S[C@@H](n2ccc(=O)[nH]c2=O)[C@H](O)[C@@H]1O. The molecule has 16 heteroatoms. The Bertz CT molecular complexity index is 1140. The molecule has 0 spiro atoms. The second-order valence-electron chi connectivity index (χ2n) is 9.91. The number of ether oxygens (including phenoxy) is 1. The van der Waals surface area contributed by atoms with E-state index < -0.39 is 65.4 Å². The lowest BCUT2D eigenvalue weighted by atomic mass is 10.00. The van der Waals surface area contributed by atoms with Gasteiger partial charge in [0, 0.05) is 23.4 Å². The van der Waals surface area contributed by atoms with Crippen molar-refractivity contribution in [3.63, 3.8) is 0 Å². The molecule has 13 nitrogen and oxygen atoms in total. The normalized spacial score (nSPS) is 24.2. The van der Waals surface area contributed by atoms with E-state index in [1.54, 1.807) is 34.6 Å². The van der Waals surface area contributed by atoms with Gasteiger partial charge in [-0.2, -0.15) is 0 Å². The molecule has 38 heavy (non-hydrogen) atoms. The molecule has 1 unspecified atom stereocenters. The van der Waals surface area contributed by atoms with Gasteiger partial charge in [-0.05, 0) is 20.8 Å². The van der Waals surface area contributed by atoms with Gasteiger partial charge in [0.15, 0.2) is 5.12 Å². The van der Waals surface area contributed by atoms with E-state index in [1.165, 1.54) is 13.1 Å². The van der Waals surface area contributed by atoms with E-state index >= 15 is 0 Å². The predicted octanol–water partition coefficient (Wildman–Crippen LogP) is 1.25. The summed E-state index contributed by atoms with van der Waals surface area (Å²) in [6.07, 6.45) is -1.98. The molecule has 1 aliphatic rings. The van der Waals surface area contributed by atoms with Crippen LogP contribution in [0.3, 0.4) is 0 Å². The molecule has 1 saturated heterocycles. The van der Waals surface area contributed by atoms with Crippen LogP contribution in [0.25, 0.3) is 0 Å². The summed E-state index contributed by atoms with van der Waals surface area (Å²) in [4.78, 5) is 50.0. The minimum atomic E-state index is -4.18. The van der Waals surface area contributed by atoms with Crippen LogP contribution in [0.5, 0.6) is 0 Å². The maximum atomic E-state index is 13.5. The van der Waals surface area contributed by atoms with Crippen LogP contribution >= 0.6 is 31.3 Å². The molecule has 216 valence electrons. The molecule has 2 rings (SSSR count). The number of aromatic amines is 1. The molecular weight excluding hydrogens is 561 g/mol. The average molecular weight is 598 g/mol. The van der Waals surface area contributed by atoms with Crippen LogP contribution < -0.4 is 16.3 Å². The van der Waals surface area contributed by atoms with Gasteiger partial charge < -0.3 is 14.9 Å². The number of rotatable bonds is 12. The van der Waals surface area contributed by atoms with Gasteiger partial charge in [-0.25, -0.2) is 14.4 Å². The minimum absolute atomic E-state index is 0.0818. The van der Waals surface area contributed by atoms with Crippen molar-refractivity contribution in [2.75, 3.05) is 19.0 Å². The fraction of sp³-hybridized carbons (Fsp3) is 0.727. The second kappa shape index (κ2) is 13.8. The van der Waals surface area contributed by atoms with E-state index in [0.29, 0.717) is 0 Å². The Hall–Kier alpha value is -1.45. The number of hydrogen-bond acceptors (Lipinski definition) is 12. The summed E-state index contributed by atoms with van der Waals surface area (Å²) in [6, 6.07) is 0.0305. The van der Waals surface area contributed by atoms with Gasteiger partial charge in [0.05, 0.1) is 30.7 Å². The zero-order valence-corrected chi connectivity index (χ0v) is 24.6. The number of nitrogens with zero attached hydrogens (tertiary/aromatic N) is 1. The Morgan fingerprint density at radius 3 is 2.45 bits per heavy atom. The minimum Gasteiger partial charge on any atom is -0.462 e. The Balaban J connectivity index is 2.11. The topological polar surface area (TPSA) is 186 Å². The number of thioether (sulfide) groups is 2.